The number of ether oxygens (including phenoxy) is 1. The van der Waals surface area contributed by atoms with Crippen molar-refractivity contribution in [2.75, 3.05) is 11.9 Å². The molecule has 2 aromatic rings. The zero-order valence-electron chi connectivity index (χ0n) is 12.1. The first kappa shape index (κ1) is 14.8. The van der Waals surface area contributed by atoms with E-state index >= 15 is 0 Å². The number of benzene rings is 1. The van der Waals surface area contributed by atoms with Crippen LogP contribution in [0.4, 0.5) is 5.69 Å². The van der Waals surface area contributed by atoms with Gasteiger partial charge in [-0.05, 0) is 26.0 Å². The highest BCUT2D eigenvalue weighted by molar-refractivity contribution is 5.98. The normalized spacial score (nSPS) is 11.8. The highest BCUT2D eigenvalue weighted by Gasteiger charge is 2.24. The van der Waals surface area contributed by atoms with Gasteiger partial charge >= 0.3 is 5.97 Å². The molecular formula is C15H16N2O4. The minimum Gasteiger partial charge on any atom is -0.447 e. The van der Waals surface area contributed by atoms with Gasteiger partial charge in [0, 0.05) is 18.8 Å². The Labute approximate surface area is 122 Å². The van der Waals surface area contributed by atoms with Gasteiger partial charge in [0.1, 0.15) is 0 Å². The van der Waals surface area contributed by atoms with E-state index in [1.165, 1.54) is 17.9 Å². The average molecular weight is 288 g/mol. The summed E-state index contributed by atoms with van der Waals surface area (Å²) >= 11 is 0. The van der Waals surface area contributed by atoms with Gasteiger partial charge in [0.25, 0.3) is 5.91 Å². The second kappa shape index (κ2) is 6.21. The molecule has 1 amide bonds. The lowest BCUT2D eigenvalue weighted by Gasteiger charge is -2.21. The highest BCUT2D eigenvalue weighted by Crippen LogP contribution is 2.14. The van der Waals surface area contributed by atoms with Crippen LogP contribution in [0.5, 0.6) is 0 Å². The third-order valence-electron chi connectivity index (χ3n) is 2.93. The van der Waals surface area contributed by atoms with Crippen LogP contribution < -0.4 is 4.90 Å². The Morgan fingerprint density at radius 1 is 1.29 bits per heavy atom. The Bertz CT molecular complexity index is 636. The number of aromatic nitrogens is 1. The van der Waals surface area contributed by atoms with Gasteiger partial charge in [-0.1, -0.05) is 23.4 Å². The average Bonchev–Trinajstić information content (AvgIpc) is 2.93. The molecule has 1 aromatic carbocycles. The highest BCUT2D eigenvalue weighted by atomic mass is 16.6. The summed E-state index contributed by atoms with van der Waals surface area (Å²) in [5.41, 5.74) is 1.29. The maximum absolute atomic E-state index is 12.2. The molecule has 6 heteroatoms. The molecule has 0 aliphatic rings. The van der Waals surface area contributed by atoms with E-state index in [9.17, 15) is 9.59 Å². The van der Waals surface area contributed by atoms with Crippen LogP contribution in [0.15, 0.2) is 40.9 Å². The largest absolute Gasteiger partial charge is 0.447 e. The van der Waals surface area contributed by atoms with Gasteiger partial charge in [-0.25, -0.2) is 4.79 Å². The number of amides is 1. The number of rotatable bonds is 4. The molecule has 1 heterocycles. The predicted molar refractivity (Wildman–Crippen MR) is 76.0 cm³/mol. The van der Waals surface area contributed by atoms with Crippen LogP contribution >= 0.6 is 0 Å². The van der Waals surface area contributed by atoms with E-state index in [0.717, 1.165) is 5.69 Å². The molecule has 21 heavy (non-hydrogen) atoms. The Kier molecular flexibility index (Phi) is 4.37. The third kappa shape index (κ3) is 3.47. The second-order valence-corrected chi connectivity index (χ2v) is 4.61. The number of aryl methyl sites for hydroxylation is 1. The van der Waals surface area contributed by atoms with E-state index in [-0.39, 0.29) is 11.7 Å². The van der Waals surface area contributed by atoms with Crippen LogP contribution in [0, 0.1) is 6.92 Å². The zero-order chi connectivity index (χ0) is 15.4. The number of para-hydroxylation sites is 1. The molecule has 1 aromatic heterocycles. The smallest absolute Gasteiger partial charge is 0.377 e. The number of esters is 1. The molecule has 0 aliphatic carbocycles. The number of carbonyl (C=O) groups excluding carboxylic acids is 2. The molecule has 2 rings (SSSR count). The SMILES string of the molecule is Cc1cc(C(=O)O[C@@H](C)C(=O)N(C)c2ccccc2)on1. The van der Waals surface area contributed by atoms with Crippen molar-refractivity contribution in [1.29, 1.82) is 0 Å². The van der Waals surface area contributed by atoms with E-state index in [1.54, 1.807) is 26.1 Å². The second-order valence-electron chi connectivity index (χ2n) is 4.61. The molecular weight excluding hydrogens is 272 g/mol. The summed E-state index contributed by atoms with van der Waals surface area (Å²) in [4.78, 5) is 25.5. The first-order valence-electron chi connectivity index (χ1n) is 6.46. The molecule has 0 saturated heterocycles. The van der Waals surface area contributed by atoms with Crippen LogP contribution in [-0.2, 0) is 9.53 Å². The van der Waals surface area contributed by atoms with Gasteiger partial charge in [0.05, 0.1) is 5.69 Å². The molecule has 0 aliphatic heterocycles. The van der Waals surface area contributed by atoms with Crippen LogP contribution in [0.25, 0.3) is 0 Å². The number of carbonyl (C=O) groups is 2. The summed E-state index contributed by atoms with van der Waals surface area (Å²) in [5.74, 6) is -1.06. The van der Waals surface area contributed by atoms with E-state index < -0.39 is 12.1 Å². The maximum Gasteiger partial charge on any atom is 0.377 e. The fourth-order valence-electron chi connectivity index (χ4n) is 1.78. The van der Waals surface area contributed by atoms with E-state index in [1.807, 2.05) is 18.2 Å². The van der Waals surface area contributed by atoms with Gasteiger partial charge in [0.15, 0.2) is 6.10 Å². The van der Waals surface area contributed by atoms with Crippen molar-refractivity contribution in [1.82, 2.24) is 5.16 Å². The van der Waals surface area contributed by atoms with Crippen molar-refractivity contribution in [3.05, 3.63) is 47.9 Å². The van der Waals surface area contributed by atoms with Gasteiger partial charge < -0.3 is 14.2 Å². The van der Waals surface area contributed by atoms with Crippen molar-refractivity contribution in [3.8, 4) is 0 Å². The minimum absolute atomic E-state index is 0.0190. The number of likely N-dealkylation sites (N-methyl/N-ethyl adjacent to an activating group) is 1. The lowest BCUT2D eigenvalue weighted by atomic mass is 10.2. The van der Waals surface area contributed by atoms with Crippen LogP contribution in [0.1, 0.15) is 23.2 Å². The molecule has 0 fully saturated rings. The third-order valence-corrected chi connectivity index (χ3v) is 2.93. The fraction of sp³-hybridized carbons (Fsp3) is 0.267. The lowest BCUT2D eigenvalue weighted by molar-refractivity contribution is -0.126. The van der Waals surface area contributed by atoms with Gasteiger partial charge in [0.2, 0.25) is 5.76 Å². The van der Waals surface area contributed by atoms with Crippen molar-refractivity contribution in [2.45, 2.75) is 20.0 Å². The van der Waals surface area contributed by atoms with Gasteiger partial charge in [-0.2, -0.15) is 0 Å². The number of anilines is 1. The number of hydrogen-bond acceptors (Lipinski definition) is 5. The summed E-state index contributed by atoms with van der Waals surface area (Å²) in [5, 5.41) is 3.60. The quantitative estimate of drug-likeness (QED) is 0.806. The van der Waals surface area contributed by atoms with Crippen LogP contribution in [0.3, 0.4) is 0 Å². The predicted octanol–water partition coefficient (Wildman–Crippen LogP) is 2.19. The molecule has 0 saturated carbocycles. The van der Waals surface area contributed by atoms with Crippen molar-refractivity contribution >= 4 is 17.6 Å². The Morgan fingerprint density at radius 3 is 2.52 bits per heavy atom. The van der Waals surface area contributed by atoms with Crippen LogP contribution in [-0.4, -0.2) is 30.2 Å². The number of hydrogen-bond donors (Lipinski definition) is 0. The topological polar surface area (TPSA) is 72.6 Å². The number of nitrogens with zero attached hydrogens (tertiary/aromatic N) is 2. The summed E-state index contributed by atoms with van der Waals surface area (Å²) in [7, 11) is 1.63. The van der Waals surface area contributed by atoms with E-state index in [4.69, 9.17) is 9.26 Å². The molecule has 6 nitrogen and oxygen atoms in total. The first-order chi connectivity index (χ1) is 9.99. The molecule has 1 atom stereocenters. The molecule has 0 spiro atoms. The molecule has 0 bridgehead atoms. The van der Waals surface area contributed by atoms with Crippen molar-refractivity contribution < 1.29 is 18.8 Å². The monoisotopic (exact) mass is 288 g/mol. The van der Waals surface area contributed by atoms with Gasteiger partial charge in [-0.15, -0.1) is 0 Å². The molecule has 0 radical (unpaired) electrons. The van der Waals surface area contributed by atoms with Crippen molar-refractivity contribution in [2.24, 2.45) is 0 Å². The standard InChI is InChI=1S/C15H16N2O4/c1-10-9-13(21-16-10)15(19)20-11(2)14(18)17(3)12-7-5-4-6-8-12/h4-9,11H,1-3H3/t11-/m0/s1. The fourth-order valence-corrected chi connectivity index (χ4v) is 1.78. The van der Waals surface area contributed by atoms with E-state index in [2.05, 4.69) is 5.16 Å². The van der Waals surface area contributed by atoms with Crippen molar-refractivity contribution in [3.63, 3.8) is 0 Å². The molecule has 0 N–H and O–H groups in total. The lowest BCUT2D eigenvalue weighted by Crippen LogP contribution is -2.37. The Hall–Kier alpha value is -2.63. The maximum atomic E-state index is 12.2. The summed E-state index contributed by atoms with van der Waals surface area (Å²) < 4.78 is 9.89. The summed E-state index contributed by atoms with van der Waals surface area (Å²) in [6, 6.07) is 10.6. The van der Waals surface area contributed by atoms with E-state index in [0.29, 0.717) is 5.69 Å². The zero-order valence-corrected chi connectivity index (χ0v) is 12.1. The Morgan fingerprint density at radius 2 is 1.95 bits per heavy atom. The minimum atomic E-state index is -0.923. The summed E-state index contributed by atoms with van der Waals surface area (Å²) in [6.45, 7) is 3.21. The molecule has 110 valence electrons. The first-order valence-corrected chi connectivity index (χ1v) is 6.46. The van der Waals surface area contributed by atoms with Crippen LogP contribution in [0.2, 0.25) is 0 Å². The molecule has 0 unspecified atom stereocenters. The Balaban J connectivity index is 2.01. The summed E-state index contributed by atoms with van der Waals surface area (Å²) in [6.07, 6.45) is -0.923. The van der Waals surface area contributed by atoms with Gasteiger partial charge in [-0.3, -0.25) is 4.79 Å².